The first-order chi connectivity index (χ1) is 15.0. The summed E-state index contributed by atoms with van der Waals surface area (Å²) in [5, 5.41) is 7.88. The van der Waals surface area contributed by atoms with Crippen LogP contribution in [0.15, 0.2) is 85.1 Å². The molecule has 0 saturated heterocycles. The van der Waals surface area contributed by atoms with Crippen LogP contribution in [0.3, 0.4) is 0 Å². The molecule has 0 bridgehead atoms. The van der Waals surface area contributed by atoms with Gasteiger partial charge in [-0.3, -0.25) is 4.79 Å². The molecule has 1 heterocycles. The number of para-hydroxylation sites is 1. The molecule has 0 aliphatic heterocycles. The van der Waals surface area contributed by atoms with Gasteiger partial charge in [0.1, 0.15) is 17.0 Å². The molecule has 31 heavy (non-hydrogen) atoms. The van der Waals surface area contributed by atoms with Crippen molar-refractivity contribution in [3.8, 4) is 22.7 Å². The quantitative estimate of drug-likeness (QED) is 0.340. The SMILES string of the molecule is CC(=O)Nc1ccc(OC(=O)c2cn(-c3ccccc3)nc2-c2ccc(Cl)cc2)cc1. The van der Waals surface area contributed by atoms with Gasteiger partial charge in [-0.2, -0.15) is 5.10 Å². The lowest BCUT2D eigenvalue weighted by molar-refractivity contribution is -0.114. The average molecular weight is 432 g/mol. The van der Waals surface area contributed by atoms with Crippen LogP contribution >= 0.6 is 11.6 Å². The van der Waals surface area contributed by atoms with Crippen molar-refractivity contribution in [2.75, 3.05) is 5.32 Å². The number of ether oxygens (including phenoxy) is 1. The fourth-order valence-electron chi connectivity index (χ4n) is 3.03. The number of carbonyl (C=O) groups is 2. The largest absolute Gasteiger partial charge is 0.423 e. The molecule has 1 N–H and O–H groups in total. The van der Waals surface area contributed by atoms with E-state index >= 15 is 0 Å². The van der Waals surface area contributed by atoms with Crippen LogP contribution in [0.2, 0.25) is 5.02 Å². The summed E-state index contributed by atoms with van der Waals surface area (Å²) in [5.41, 5.74) is 2.98. The normalized spacial score (nSPS) is 10.5. The van der Waals surface area contributed by atoms with Crippen LogP contribution in [0.5, 0.6) is 5.75 Å². The Morgan fingerprint density at radius 2 is 1.61 bits per heavy atom. The maximum Gasteiger partial charge on any atom is 0.347 e. The van der Waals surface area contributed by atoms with Crippen LogP contribution in [0.25, 0.3) is 16.9 Å². The molecule has 0 atom stereocenters. The predicted octanol–water partition coefficient (Wildman–Crippen LogP) is 5.37. The van der Waals surface area contributed by atoms with E-state index in [0.717, 1.165) is 11.3 Å². The van der Waals surface area contributed by atoms with E-state index in [-0.39, 0.29) is 5.91 Å². The van der Waals surface area contributed by atoms with E-state index in [1.54, 1.807) is 59.4 Å². The lowest BCUT2D eigenvalue weighted by Gasteiger charge is -2.06. The molecule has 154 valence electrons. The van der Waals surface area contributed by atoms with E-state index in [1.807, 2.05) is 30.3 Å². The molecule has 0 saturated carbocycles. The minimum Gasteiger partial charge on any atom is -0.423 e. The number of carbonyl (C=O) groups excluding carboxylic acids is 2. The molecule has 0 aliphatic carbocycles. The Labute approximate surface area is 184 Å². The van der Waals surface area contributed by atoms with Crippen LogP contribution in [0.1, 0.15) is 17.3 Å². The minimum atomic E-state index is -0.542. The van der Waals surface area contributed by atoms with Crippen molar-refractivity contribution >= 4 is 29.2 Å². The molecule has 7 heteroatoms. The molecule has 0 aliphatic rings. The molecule has 0 fully saturated rings. The maximum atomic E-state index is 13.0. The van der Waals surface area contributed by atoms with Crippen molar-refractivity contribution in [3.63, 3.8) is 0 Å². The van der Waals surface area contributed by atoms with Crippen molar-refractivity contribution in [2.24, 2.45) is 0 Å². The maximum absolute atomic E-state index is 13.0. The third-order valence-corrected chi connectivity index (χ3v) is 4.71. The summed E-state index contributed by atoms with van der Waals surface area (Å²) >= 11 is 6.01. The number of benzene rings is 3. The molecule has 3 aromatic carbocycles. The number of aromatic nitrogens is 2. The summed E-state index contributed by atoms with van der Waals surface area (Å²) in [6.07, 6.45) is 1.65. The van der Waals surface area contributed by atoms with E-state index in [2.05, 4.69) is 10.4 Å². The summed E-state index contributed by atoms with van der Waals surface area (Å²) in [6, 6.07) is 23.2. The Hall–Kier alpha value is -3.90. The van der Waals surface area contributed by atoms with Crippen molar-refractivity contribution in [1.29, 1.82) is 0 Å². The third-order valence-electron chi connectivity index (χ3n) is 4.46. The highest BCUT2D eigenvalue weighted by Crippen LogP contribution is 2.27. The van der Waals surface area contributed by atoms with Crippen LogP contribution < -0.4 is 10.1 Å². The molecule has 1 amide bonds. The van der Waals surface area contributed by atoms with Gasteiger partial charge in [0.2, 0.25) is 5.91 Å². The number of esters is 1. The number of anilines is 1. The van der Waals surface area contributed by atoms with Gasteiger partial charge in [-0.15, -0.1) is 0 Å². The predicted molar refractivity (Wildman–Crippen MR) is 120 cm³/mol. The highest BCUT2D eigenvalue weighted by Gasteiger charge is 2.20. The van der Waals surface area contributed by atoms with Crippen molar-refractivity contribution in [1.82, 2.24) is 9.78 Å². The Kier molecular flexibility index (Phi) is 5.82. The second kappa shape index (κ2) is 8.85. The fraction of sp³-hybridized carbons (Fsp3) is 0.0417. The van der Waals surface area contributed by atoms with Gasteiger partial charge >= 0.3 is 5.97 Å². The molecule has 0 spiro atoms. The Balaban J connectivity index is 1.67. The fourth-order valence-corrected chi connectivity index (χ4v) is 3.15. The molecular formula is C24H18ClN3O3. The van der Waals surface area contributed by atoms with E-state index < -0.39 is 5.97 Å². The number of hydrogen-bond acceptors (Lipinski definition) is 4. The topological polar surface area (TPSA) is 73.2 Å². The van der Waals surface area contributed by atoms with Gasteiger partial charge in [0.25, 0.3) is 0 Å². The van der Waals surface area contributed by atoms with Crippen LogP contribution in [0, 0.1) is 0 Å². The first kappa shape index (κ1) is 20.4. The monoisotopic (exact) mass is 431 g/mol. The van der Waals surface area contributed by atoms with Gasteiger partial charge < -0.3 is 10.1 Å². The van der Waals surface area contributed by atoms with E-state index in [4.69, 9.17) is 16.3 Å². The smallest absolute Gasteiger partial charge is 0.347 e. The van der Waals surface area contributed by atoms with Gasteiger partial charge in [0, 0.05) is 29.4 Å². The number of halogens is 1. The molecule has 0 radical (unpaired) electrons. The minimum absolute atomic E-state index is 0.175. The van der Waals surface area contributed by atoms with Gasteiger partial charge in [0.15, 0.2) is 0 Å². The molecule has 4 aromatic rings. The number of amides is 1. The Morgan fingerprint density at radius 3 is 2.26 bits per heavy atom. The van der Waals surface area contributed by atoms with Gasteiger partial charge in [-0.25, -0.2) is 9.48 Å². The molecule has 4 rings (SSSR count). The van der Waals surface area contributed by atoms with E-state index in [9.17, 15) is 9.59 Å². The molecular weight excluding hydrogens is 414 g/mol. The molecule has 6 nitrogen and oxygen atoms in total. The molecule has 0 unspecified atom stereocenters. The first-order valence-electron chi connectivity index (χ1n) is 9.50. The zero-order valence-electron chi connectivity index (χ0n) is 16.6. The lowest BCUT2D eigenvalue weighted by Crippen LogP contribution is -2.09. The second-order valence-corrected chi connectivity index (χ2v) is 7.21. The first-order valence-corrected chi connectivity index (χ1v) is 9.88. The number of nitrogens with one attached hydrogen (secondary N) is 1. The zero-order chi connectivity index (χ0) is 21.8. The lowest BCUT2D eigenvalue weighted by atomic mass is 10.1. The average Bonchev–Trinajstić information content (AvgIpc) is 3.22. The second-order valence-electron chi connectivity index (χ2n) is 6.77. The van der Waals surface area contributed by atoms with Crippen LogP contribution in [-0.2, 0) is 4.79 Å². The summed E-state index contributed by atoms with van der Waals surface area (Å²) < 4.78 is 7.20. The number of nitrogens with zero attached hydrogens (tertiary/aromatic N) is 2. The summed E-state index contributed by atoms with van der Waals surface area (Å²) in [4.78, 5) is 24.2. The van der Waals surface area contributed by atoms with Gasteiger partial charge in [-0.1, -0.05) is 41.9 Å². The summed E-state index contributed by atoms with van der Waals surface area (Å²) in [7, 11) is 0. The van der Waals surface area contributed by atoms with Crippen molar-refractivity contribution < 1.29 is 14.3 Å². The highest BCUT2D eigenvalue weighted by molar-refractivity contribution is 6.30. The van der Waals surface area contributed by atoms with Crippen LogP contribution in [0.4, 0.5) is 5.69 Å². The van der Waals surface area contributed by atoms with Gasteiger partial charge in [-0.05, 0) is 48.5 Å². The third kappa shape index (κ3) is 4.82. The Morgan fingerprint density at radius 1 is 0.935 bits per heavy atom. The highest BCUT2D eigenvalue weighted by atomic mass is 35.5. The zero-order valence-corrected chi connectivity index (χ0v) is 17.3. The molecule has 1 aromatic heterocycles. The number of hydrogen-bond donors (Lipinski definition) is 1. The van der Waals surface area contributed by atoms with Crippen molar-refractivity contribution in [2.45, 2.75) is 6.92 Å². The van der Waals surface area contributed by atoms with E-state index in [1.165, 1.54) is 6.92 Å². The number of rotatable bonds is 5. The van der Waals surface area contributed by atoms with Crippen molar-refractivity contribution in [3.05, 3.63) is 95.6 Å². The van der Waals surface area contributed by atoms with E-state index in [0.29, 0.717) is 27.7 Å². The standard InChI is InChI=1S/C24H18ClN3O3/c1-16(29)26-19-11-13-21(14-12-19)31-24(30)22-15-28(20-5-3-2-4-6-20)27-23(22)17-7-9-18(25)10-8-17/h2-15H,1H3,(H,26,29). The van der Waals surface area contributed by atoms with Gasteiger partial charge in [0.05, 0.1) is 5.69 Å². The summed E-state index contributed by atoms with van der Waals surface area (Å²) in [5.74, 6) is -0.362. The van der Waals surface area contributed by atoms with Crippen LogP contribution in [-0.4, -0.2) is 21.7 Å². The summed E-state index contributed by atoms with van der Waals surface area (Å²) in [6.45, 7) is 1.43. The Bertz CT molecular complexity index is 1220.